The van der Waals surface area contributed by atoms with Gasteiger partial charge in [0.15, 0.2) is 0 Å². The topological polar surface area (TPSA) is 62.3 Å². The lowest BCUT2D eigenvalue weighted by molar-refractivity contribution is 0.0527. The molecule has 0 fully saturated rings. The van der Waals surface area contributed by atoms with Gasteiger partial charge in [0.1, 0.15) is 5.75 Å². The minimum atomic E-state index is -0.407. The fraction of sp³-hybridized carbons (Fsp3) is 0.136. The number of aromatic hydroxyl groups is 1. The number of carbonyl (C=O) groups excluding carboxylic acids is 1. The fourth-order valence-corrected chi connectivity index (χ4v) is 3.70. The van der Waals surface area contributed by atoms with Gasteiger partial charge in [-0.05, 0) is 30.7 Å². The summed E-state index contributed by atoms with van der Waals surface area (Å²) in [6, 6.07) is 16.7. The van der Waals surface area contributed by atoms with Crippen LogP contribution < -0.4 is 0 Å². The Hall–Kier alpha value is -2.98. The molecule has 0 saturated heterocycles. The molecule has 0 aliphatic rings. The number of rotatable bonds is 4. The SMILES string of the molecule is CCOC(=O)c1c(Cc2cccc(Cl)c2)[nH]c2c1cc(O)c1ccccc12. The molecule has 2 N–H and O–H groups in total. The zero-order chi connectivity index (χ0) is 19.0. The number of nitrogens with one attached hydrogen (secondary N) is 1. The van der Waals surface area contributed by atoms with E-state index in [1.54, 1.807) is 13.0 Å². The van der Waals surface area contributed by atoms with Crippen molar-refractivity contribution < 1.29 is 14.6 Å². The van der Waals surface area contributed by atoms with Gasteiger partial charge >= 0.3 is 5.97 Å². The quantitative estimate of drug-likeness (QED) is 0.463. The molecule has 0 unspecified atom stereocenters. The summed E-state index contributed by atoms with van der Waals surface area (Å²) < 4.78 is 5.28. The van der Waals surface area contributed by atoms with Crippen LogP contribution in [0.3, 0.4) is 0 Å². The van der Waals surface area contributed by atoms with Crippen molar-refractivity contribution in [1.29, 1.82) is 0 Å². The summed E-state index contributed by atoms with van der Waals surface area (Å²) in [4.78, 5) is 16.1. The molecular weight excluding hydrogens is 362 g/mol. The van der Waals surface area contributed by atoms with Crippen LogP contribution in [0.4, 0.5) is 0 Å². The zero-order valence-corrected chi connectivity index (χ0v) is 15.5. The Morgan fingerprint density at radius 1 is 1.07 bits per heavy atom. The summed E-state index contributed by atoms with van der Waals surface area (Å²) in [6.45, 7) is 2.05. The minimum absolute atomic E-state index is 0.136. The van der Waals surface area contributed by atoms with Crippen LogP contribution in [0, 0.1) is 0 Å². The third-order valence-corrected chi connectivity index (χ3v) is 4.85. The normalized spacial score (nSPS) is 11.2. The summed E-state index contributed by atoms with van der Waals surface area (Å²) in [7, 11) is 0. The maximum atomic E-state index is 12.7. The Bertz CT molecular complexity index is 1160. The zero-order valence-electron chi connectivity index (χ0n) is 14.8. The summed E-state index contributed by atoms with van der Waals surface area (Å²) in [5, 5.41) is 13.3. The summed E-state index contributed by atoms with van der Waals surface area (Å²) >= 11 is 6.11. The molecule has 0 aliphatic carbocycles. The van der Waals surface area contributed by atoms with E-state index in [4.69, 9.17) is 16.3 Å². The first-order chi connectivity index (χ1) is 13.1. The molecule has 1 heterocycles. The van der Waals surface area contributed by atoms with Gasteiger partial charge in [0.2, 0.25) is 0 Å². The molecule has 0 radical (unpaired) electrons. The van der Waals surface area contributed by atoms with Crippen molar-refractivity contribution in [2.75, 3.05) is 6.61 Å². The lowest BCUT2D eigenvalue weighted by Crippen LogP contribution is -2.07. The third kappa shape index (κ3) is 3.13. The van der Waals surface area contributed by atoms with E-state index in [0.717, 1.165) is 27.5 Å². The highest BCUT2D eigenvalue weighted by Gasteiger charge is 2.22. The Kier molecular flexibility index (Phi) is 4.50. The van der Waals surface area contributed by atoms with Crippen LogP contribution in [0.5, 0.6) is 5.75 Å². The Morgan fingerprint density at radius 3 is 2.59 bits per heavy atom. The molecule has 0 atom stereocenters. The lowest BCUT2D eigenvalue weighted by Gasteiger charge is -2.06. The van der Waals surface area contributed by atoms with Crippen molar-refractivity contribution >= 4 is 39.2 Å². The number of phenols is 1. The highest BCUT2D eigenvalue weighted by atomic mass is 35.5. The molecule has 4 aromatic rings. The largest absolute Gasteiger partial charge is 0.507 e. The molecule has 0 bridgehead atoms. The number of aromatic nitrogens is 1. The Morgan fingerprint density at radius 2 is 1.85 bits per heavy atom. The van der Waals surface area contributed by atoms with Crippen molar-refractivity contribution in [3.8, 4) is 5.75 Å². The van der Waals surface area contributed by atoms with Gasteiger partial charge in [0.05, 0.1) is 17.7 Å². The first-order valence-electron chi connectivity index (χ1n) is 8.75. The van der Waals surface area contributed by atoms with Crippen molar-refractivity contribution in [1.82, 2.24) is 4.98 Å². The fourth-order valence-electron chi connectivity index (χ4n) is 3.48. The third-order valence-electron chi connectivity index (χ3n) is 4.62. The van der Waals surface area contributed by atoms with Gasteiger partial charge in [-0.15, -0.1) is 0 Å². The van der Waals surface area contributed by atoms with E-state index >= 15 is 0 Å². The monoisotopic (exact) mass is 379 g/mol. The molecule has 0 spiro atoms. The molecular formula is C22H18ClNO3. The van der Waals surface area contributed by atoms with Crippen LogP contribution in [-0.2, 0) is 11.2 Å². The smallest absolute Gasteiger partial charge is 0.340 e. The van der Waals surface area contributed by atoms with E-state index in [1.165, 1.54) is 0 Å². The number of phenolic OH excluding ortho intramolecular Hbond substituents is 1. The second kappa shape index (κ2) is 6.97. The summed E-state index contributed by atoms with van der Waals surface area (Å²) in [5.41, 5.74) is 2.98. The first kappa shape index (κ1) is 17.4. The van der Waals surface area contributed by atoms with E-state index in [2.05, 4.69) is 4.98 Å². The van der Waals surface area contributed by atoms with Crippen LogP contribution in [0.2, 0.25) is 5.02 Å². The molecule has 4 nitrogen and oxygen atoms in total. The standard InChI is InChI=1S/C22H18ClNO3/c1-2-27-22(26)20-17-12-19(25)15-8-3-4-9-16(15)21(17)24-18(20)11-13-6-5-7-14(23)10-13/h3-10,12,24-25H,2,11H2,1H3. The number of hydrogen-bond donors (Lipinski definition) is 2. The molecule has 0 amide bonds. The average Bonchev–Trinajstić information content (AvgIpc) is 3.00. The van der Waals surface area contributed by atoms with Gasteiger partial charge in [-0.2, -0.15) is 0 Å². The van der Waals surface area contributed by atoms with E-state index < -0.39 is 5.97 Å². The first-order valence-corrected chi connectivity index (χ1v) is 9.13. The van der Waals surface area contributed by atoms with Gasteiger partial charge in [-0.1, -0.05) is 48.0 Å². The van der Waals surface area contributed by atoms with Crippen LogP contribution in [0.15, 0.2) is 54.6 Å². The number of H-pyrrole nitrogens is 1. The number of hydrogen-bond acceptors (Lipinski definition) is 3. The predicted octanol–water partition coefficient (Wildman–Crippen LogP) is 5.45. The second-order valence-corrected chi connectivity index (χ2v) is 6.81. The molecule has 0 aliphatic heterocycles. The van der Waals surface area contributed by atoms with E-state index in [-0.39, 0.29) is 12.4 Å². The maximum absolute atomic E-state index is 12.7. The van der Waals surface area contributed by atoms with Gasteiger partial charge < -0.3 is 14.8 Å². The van der Waals surface area contributed by atoms with Crippen molar-refractivity contribution in [2.24, 2.45) is 0 Å². The molecule has 0 saturated carbocycles. The number of aromatic amines is 1. The Labute approximate surface area is 161 Å². The van der Waals surface area contributed by atoms with Crippen LogP contribution in [0.25, 0.3) is 21.7 Å². The Balaban J connectivity index is 1.97. The minimum Gasteiger partial charge on any atom is -0.507 e. The van der Waals surface area contributed by atoms with Gasteiger partial charge in [-0.3, -0.25) is 0 Å². The predicted molar refractivity (Wildman–Crippen MR) is 108 cm³/mol. The summed E-state index contributed by atoms with van der Waals surface area (Å²) in [5.74, 6) is -0.271. The van der Waals surface area contributed by atoms with Gasteiger partial charge in [0, 0.05) is 33.3 Å². The van der Waals surface area contributed by atoms with Crippen LogP contribution in [0.1, 0.15) is 28.5 Å². The molecule has 4 rings (SSSR count). The van der Waals surface area contributed by atoms with Crippen molar-refractivity contribution in [3.05, 3.63) is 76.4 Å². The van der Waals surface area contributed by atoms with Gasteiger partial charge in [-0.25, -0.2) is 4.79 Å². The number of benzene rings is 3. The molecule has 27 heavy (non-hydrogen) atoms. The van der Waals surface area contributed by atoms with E-state index in [0.29, 0.717) is 22.4 Å². The molecule has 136 valence electrons. The van der Waals surface area contributed by atoms with E-state index in [1.807, 2.05) is 48.5 Å². The number of carbonyl (C=O) groups is 1. The van der Waals surface area contributed by atoms with Crippen molar-refractivity contribution in [2.45, 2.75) is 13.3 Å². The van der Waals surface area contributed by atoms with Crippen molar-refractivity contribution in [3.63, 3.8) is 0 Å². The molecule has 1 aromatic heterocycles. The van der Waals surface area contributed by atoms with Gasteiger partial charge in [0.25, 0.3) is 0 Å². The summed E-state index contributed by atoms with van der Waals surface area (Å²) in [6.07, 6.45) is 0.498. The molecule has 5 heteroatoms. The number of fused-ring (bicyclic) bond motifs is 3. The highest BCUT2D eigenvalue weighted by Crippen LogP contribution is 2.36. The lowest BCUT2D eigenvalue weighted by atomic mass is 10.0. The van der Waals surface area contributed by atoms with E-state index in [9.17, 15) is 9.90 Å². The maximum Gasteiger partial charge on any atom is 0.340 e. The average molecular weight is 380 g/mol. The van der Waals surface area contributed by atoms with Crippen LogP contribution >= 0.6 is 11.6 Å². The number of ether oxygens (including phenoxy) is 1. The number of halogens is 1. The number of esters is 1. The van der Waals surface area contributed by atoms with Crippen LogP contribution in [-0.4, -0.2) is 22.7 Å². The molecule has 3 aromatic carbocycles. The second-order valence-electron chi connectivity index (χ2n) is 6.37. The highest BCUT2D eigenvalue weighted by molar-refractivity contribution is 6.30.